The van der Waals surface area contributed by atoms with Crippen LogP contribution in [0.4, 0.5) is 20.0 Å². The molecule has 0 spiro atoms. The van der Waals surface area contributed by atoms with Gasteiger partial charge in [0.15, 0.2) is 0 Å². The van der Waals surface area contributed by atoms with Crippen LogP contribution in [0.5, 0.6) is 0 Å². The van der Waals surface area contributed by atoms with Crippen LogP contribution in [-0.2, 0) is 33.3 Å². The number of hydrogen-bond donors (Lipinski definition) is 3. The minimum Gasteiger partial charge on any atom is -0.502 e. The lowest BCUT2D eigenvalue weighted by Gasteiger charge is -2.33. The van der Waals surface area contributed by atoms with Gasteiger partial charge < -0.3 is 44.9 Å². The number of carbonyl (C=O) groups excluding carboxylic acids is 6. The normalized spacial score (nSPS) is 17.1. The molecule has 0 atom stereocenters. The van der Waals surface area contributed by atoms with E-state index in [-0.39, 0.29) is 76.4 Å². The minimum absolute atomic E-state index is 0.00693. The molecule has 0 unspecified atom stereocenters. The van der Waals surface area contributed by atoms with Crippen LogP contribution in [0, 0.1) is 35.5 Å². The van der Waals surface area contributed by atoms with Crippen molar-refractivity contribution in [3.05, 3.63) is 180 Å². The molecule has 582 valence electrons. The van der Waals surface area contributed by atoms with Gasteiger partial charge in [0.05, 0.1) is 54.9 Å². The maximum atomic E-state index is 13.5. The van der Waals surface area contributed by atoms with Gasteiger partial charge in [-0.3, -0.25) is 14.4 Å². The van der Waals surface area contributed by atoms with Gasteiger partial charge in [-0.25, -0.2) is 19.2 Å². The molecule has 4 aromatic heterocycles. The summed E-state index contributed by atoms with van der Waals surface area (Å²) in [5, 5.41) is 15.6. The molecular weight excluding hydrogens is 1460 g/mol. The monoisotopic (exact) mass is 1570 g/mol. The molecule has 11 rings (SSSR count). The van der Waals surface area contributed by atoms with E-state index in [4.69, 9.17) is 31.5 Å². The van der Waals surface area contributed by atoms with E-state index >= 15 is 0 Å². The number of carbonyl (C=O) groups is 7. The van der Waals surface area contributed by atoms with Crippen molar-refractivity contribution in [1.82, 2.24) is 0 Å². The number of benzene rings is 4. The van der Waals surface area contributed by atoms with Crippen LogP contribution in [0.2, 0.25) is 0 Å². The van der Waals surface area contributed by atoms with Crippen LogP contribution in [0.3, 0.4) is 0 Å². The molecule has 2 amide bonds. The number of esters is 3. The molecule has 3 aliphatic carbocycles. The molecule has 4 heterocycles. The van der Waals surface area contributed by atoms with E-state index in [1.54, 1.807) is 56.3 Å². The summed E-state index contributed by atoms with van der Waals surface area (Å²) in [7, 11) is 1.60. The molecule has 8 aromatic rings. The standard InChI is InChI=1S/C24H31NO3S.C22H27NO3S.C16H19NO2S.C13H13NO2S.C8H13ClO.C4H8O/c1-5-28-24(27)20-15-21(18-9-7-6-8-10-18)29-23(20)25(16(2)3)22(26)19-13-11-17(4)12-14-19;1-14(2)23(20(24)17-11-9-15(3)10-12-17)21-18(22(25)26)13-19(27-21)16-7-5-4-6-8-16;1-4-19-16(18)13-10-14(12-8-6-5-7-9-12)20-15(13)17-11(2)3;1-2-16-13(15)10-8-11(17-12(10)14)9-6-4-3-5-7-9;1-6-2-4-7(5-3-6)8(9)10;1-4(2)5-3/h6-10,15-17,19H,5,11-14H2,1-4H3;4-8,13-15,17H,9-12H2,1-3H3,(H,25,26);5-11,17H,4H2,1-3H3;3-8H,2,14H2,1H3;6-7H,2-5H2,1H3;1H2,2-3H3. The molecule has 3 aliphatic rings. The average molecular weight is 1570 g/mol. The maximum absolute atomic E-state index is 13.5. The lowest BCUT2D eigenvalue weighted by molar-refractivity contribution is -0.124. The number of hydrogen-bond acceptors (Lipinski definition) is 17. The molecule has 0 radical (unpaired) electrons. The Labute approximate surface area is 661 Å². The zero-order valence-electron chi connectivity index (χ0n) is 65.3. The lowest BCUT2D eigenvalue weighted by Crippen LogP contribution is -2.42. The summed E-state index contributed by atoms with van der Waals surface area (Å²) < 4.78 is 19.9. The van der Waals surface area contributed by atoms with Crippen LogP contribution >= 0.6 is 56.9 Å². The largest absolute Gasteiger partial charge is 0.502 e. The Morgan fingerprint density at radius 2 is 0.778 bits per heavy atom. The number of nitrogen functional groups attached to an aromatic ring is 1. The first kappa shape index (κ1) is 88.5. The van der Waals surface area contributed by atoms with Crippen molar-refractivity contribution in [3.63, 3.8) is 0 Å². The predicted octanol–water partition coefficient (Wildman–Crippen LogP) is 23.2. The van der Waals surface area contributed by atoms with Gasteiger partial charge in [-0.2, -0.15) is 0 Å². The molecular formula is C87H111ClN4O12S4. The summed E-state index contributed by atoms with van der Waals surface area (Å²) in [5.41, 5.74) is 11.8. The summed E-state index contributed by atoms with van der Waals surface area (Å²) in [4.78, 5) is 93.2. The average Bonchev–Trinajstić information content (AvgIpc) is 1.61. The second kappa shape index (κ2) is 44.9. The molecule has 21 heteroatoms. The molecule has 3 fully saturated rings. The molecule has 0 aliphatic heterocycles. The number of nitrogens with two attached hydrogens (primary N) is 1. The summed E-state index contributed by atoms with van der Waals surface area (Å²) in [6, 6.07) is 47.0. The van der Waals surface area contributed by atoms with Gasteiger partial charge in [-0.1, -0.05) is 149 Å². The Kier molecular flexibility index (Phi) is 36.8. The van der Waals surface area contributed by atoms with Crippen LogP contribution < -0.4 is 20.9 Å². The third kappa shape index (κ3) is 26.7. The number of allylic oxidation sites excluding steroid dienone is 1. The first-order chi connectivity index (χ1) is 51.6. The molecule has 0 saturated heterocycles. The van der Waals surface area contributed by atoms with Gasteiger partial charge in [0.2, 0.25) is 17.1 Å². The Morgan fingerprint density at radius 1 is 0.481 bits per heavy atom. The predicted molar refractivity (Wildman–Crippen MR) is 448 cm³/mol. The fraction of sp³-hybridized carbons (Fsp3) is 0.437. The first-order valence-electron chi connectivity index (χ1n) is 37.7. The van der Waals surface area contributed by atoms with Crippen molar-refractivity contribution in [2.75, 3.05) is 47.8 Å². The first-order valence-corrected chi connectivity index (χ1v) is 41.3. The topological polar surface area (TPSA) is 221 Å². The van der Waals surface area contributed by atoms with E-state index in [0.717, 1.165) is 123 Å². The number of nitrogens with zero attached hydrogens (tertiary/aromatic N) is 2. The van der Waals surface area contributed by atoms with E-state index in [2.05, 4.69) is 51.3 Å². The van der Waals surface area contributed by atoms with E-state index in [1.165, 1.54) is 46.9 Å². The number of rotatable bonds is 21. The molecule has 4 aromatic carbocycles. The second-order valence-corrected chi connectivity index (χ2v) is 32.9. The van der Waals surface area contributed by atoms with Gasteiger partial charge in [0, 0.05) is 55.4 Å². The zero-order valence-corrected chi connectivity index (χ0v) is 69.3. The molecule has 3 saturated carbocycles. The summed E-state index contributed by atoms with van der Waals surface area (Å²) in [6.45, 7) is 30.5. The Morgan fingerprint density at radius 3 is 1.10 bits per heavy atom. The molecule has 0 bridgehead atoms. The van der Waals surface area contributed by atoms with Crippen molar-refractivity contribution in [2.45, 2.75) is 185 Å². The third-order valence-electron chi connectivity index (χ3n) is 18.6. The lowest BCUT2D eigenvalue weighted by atomic mass is 9.82. The Bertz CT molecular complexity index is 4130. The summed E-state index contributed by atoms with van der Waals surface area (Å²) in [5.74, 6) is 1.33. The number of carboxylic acids is 1. The molecule has 16 nitrogen and oxygen atoms in total. The quantitative estimate of drug-likeness (QED) is 0.0264. The van der Waals surface area contributed by atoms with Gasteiger partial charge in [0.25, 0.3) is 0 Å². The highest BCUT2D eigenvalue weighted by molar-refractivity contribution is 7.21. The van der Waals surface area contributed by atoms with Crippen LogP contribution in [-0.4, -0.2) is 91.1 Å². The van der Waals surface area contributed by atoms with E-state index in [0.29, 0.717) is 63.4 Å². The van der Waals surface area contributed by atoms with E-state index in [9.17, 15) is 38.7 Å². The Hall–Kier alpha value is -8.40. The fourth-order valence-electron chi connectivity index (χ4n) is 12.6. The third-order valence-corrected chi connectivity index (χ3v) is 23.5. The number of aromatic carboxylic acids is 1. The van der Waals surface area contributed by atoms with Crippen LogP contribution in [0.25, 0.3) is 41.8 Å². The van der Waals surface area contributed by atoms with Gasteiger partial charge in [-0.15, -0.1) is 45.3 Å². The number of anilines is 4. The maximum Gasteiger partial charge on any atom is 0.341 e. The van der Waals surface area contributed by atoms with Crippen molar-refractivity contribution in [2.24, 2.45) is 35.5 Å². The number of thiophene rings is 4. The molecule has 108 heavy (non-hydrogen) atoms. The minimum atomic E-state index is -0.987. The number of nitrogens with one attached hydrogen (secondary N) is 1. The fourth-order valence-corrected chi connectivity index (χ4v) is 17.5. The van der Waals surface area contributed by atoms with Gasteiger partial charge in [0.1, 0.15) is 20.0 Å². The van der Waals surface area contributed by atoms with Gasteiger partial charge >= 0.3 is 23.9 Å². The van der Waals surface area contributed by atoms with E-state index < -0.39 is 5.97 Å². The highest BCUT2D eigenvalue weighted by Crippen LogP contribution is 2.44. The van der Waals surface area contributed by atoms with Gasteiger partial charge in [-0.05, 0) is 222 Å². The number of amides is 2. The van der Waals surface area contributed by atoms with Crippen molar-refractivity contribution in [1.29, 1.82) is 0 Å². The number of ether oxygens (including phenoxy) is 4. The second-order valence-electron chi connectivity index (χ2n) is 28.3. The SMILES string of the molecule is C=C(C)OC.CC1CCC(C(=O)Cl)CC1.CC1CCC(C(=O)N(c2sc(-c3ccccc3)cc2C(=O)O)C(C)C)CC1.CCOC(=O)c1cc(-c2ccccc2)sc1N.CCOC(=O)c1cc(-c2ccccc2)sc1N(C(=O)C1CCC(C)CC1)C(C)C.CCOC(=O)c1cc(-c2ccccc2)sc1NC(C)C. The number of halogens is 1. The van der Waals surface area contributed by atoms with Crippen molar-refractivity contribution < 1.29 is 57.6 Å². The molecule has 4 N–H and O–H groups in total. The smallest absolute Gasteiger partial charge is 0.341 e. The highest BCUT2D eigenvalue weighted by Gasteiger charge is 2.36. The summed E-state index contributed by atoms with van der Waals surface area (Å²) in [6.07, 6.45) is 12.3. The van der Waals surface area contributed by atoms with E-state index in [1.807, 2.05) is 173 Å². The number of carboxylic acid groups (broad SMARTS) is 1. The van der Waals surface area contributed by atoms with Crippen LogP contribution in [0.15, 0.2) is 158 Å². The highest BCUT2D eigenvalue weighted by atomic mass is 35.5. The number of methoxy groups -OCH3 is 1. The van der Waals surface area contributed by atoms with Crippen molar-refractivity contribution in [3.8, 4) is 41.8 Å². The zero-order chi connectivity index (χ0) is 79.1. The van der Waals surface area contributed by atoms with Crippen molar-refractivity contribution >= 4 is 118 Å². The summed E-state index contributed by atoms with van der Waals surface area (Å²) >= 11 is 11.2. The Balaban J connectivity index is 0.000000214. The van der Waals surface area contributed by atoms with Crippen LogP contribution in [0.1, 0.15) is 208 Å².